The smallest absolute Gasteiger partial charge is 0.244 e. The first-order valence-electron chi connectivity index (χ1n) is 6.34. The summed E-state index contributed by atoms with van der Waals surface area (Å²) in [7, 11) is 0. The van der Waals surface area contributed by atoms with Crippen molar-refractivity contribution in [1.29, 1.82) is 0 Å². The van der Waals surface area contributed by atoms with Gasteiger partial charge in [-0.3, -0.25) is 14.5 Å². The van der Waals surface area contributed by atoms with Gasteiger partial charge in [0.1, 0.15) is 12.2 Å². The molecule has 1 aliphatic rings. The van der Waals surface area contributed by atoms with Gasteiger partial charge in [0.15, 0.2) is 5.11 Å². The molecule has 2 aromatic rings. The number of carbonyl (C=O) groups excluding carboxylic acids is 2. The Balaban J connectivity index is 2.02. The molecule has 0 radical (unpaired) electrons. The van der Waals surface area contributed by atoms with Crippen molar-refractivity contribution in [3.8, 4) is 0 Å². The molecule has 104 valence electrons. The number of nitrogens with zero attached hydrogens (tertiary/aromatic N) is 3. The first-order chi connectivity index (χ1) is 10.2. The van der Waals surface area contributed by atoms with Crippen molar-refractivity contribution in [2.24, 2.45) is 0 Å². The molecule has 1 aliphatic heterocycles. The number of rotatable bonds is 2. The molecular weight excluding hydrogens is 286 g/mol. The summed E-state index contributed by atoms with van der Waals surface area (Å²) in [6, 6.07) is 14.2. The van der Waals surface area contributed by atoms with Crippen LogP contribution in [0.25, 0.3) is 0 Å². The molecule has 1 fully saturated rings. The molecule has 5 nitrogen and oxygen atoms in total. The van der Waals surface area contributed by atoms with E-state index < -0.39 is 0 Å². The molecule has 0 unspecified atom stereocenters. The number of benzene rings is 1. The van der Waals surface area contributed by atoms with E-state index in [-0.39, 0.29) is 23.3 Å². The number of pyridine rings is 1. The van der Waals surface area contributed by atoms with Gasteiger partial charge in [-0.1, -0.05) is 24.3 Å². The van der Waals surface area contributed by atoms with Gasteiger partial charge in [0.25, 0.3) is 0 Å². The van der Waals surface area contributed by atoms with Crippen molar-refractivity contribution in [2.45, 2.75) is 6.42 Å². The third-order valence-corrected chi connectivity index (χ3v) is 3.44. The highest BCUT2D eigenvalue weighted by atomic mass is 32.1. The number of amides is 2. The van der Waals surface area contributed by atoms with Crippen molar-refractivity contribution < 1.29 is 9.59 Å². The van der Waals surface area contributed by atoms with E-state index in [0.717, 1.165) is 0 Å². The van der Waals surface area contributed by atoms with Crippen LogP contribution in [0.1, 0.15) is 6.42 Å². The fourth-order valence-electron chi connectivity index (χ4n) is 2.14. The van der Waals surface area contributed by atoms with Crippen LogP contribution >= 0.6 is 12.2 Å². The Bertz CT molecular complexity index is 644. The lowest BCUT2D eigenvalue weighted by Crippen LogP contribution is -2.55. The molecule has 6 heteroatoms. The highest BCUT2D eigenvalue weighted by Gasteiger charge is 2.37. The highest BCUT2D eigenvalue weighted by molar-refractivity contribution is 7.81. The zero-order valence-electron chi connectivity index (χ0n) is 11.0. The van der Waals surface area contributed by atoms with E-state index >= 15 is 0 Å². The lowest BCUT2D eigenvalue weighted by molar-refractivity contribution is -0.126. The van der Waals surface area contributed by atoms with Gasteiger partial charge in [-0.2, -0.15) is 0 Å². The van der Waals surface area contributed by atoms with E-state index in [9.17, 15) is 9.59 Å². The van der Waals surface area contributed by atoms with E-state index in [0.29, 0.717) is 11.5 Å². The van der Waals surface area contributed by atoms with Crippen molar-refractivity contribution in [2.75, 3.05) is 9.80 Å². The number of hydrogen-bond donors (Lipinski definition) is 0. The molecule has 2 heterocycles. The van der Waals surface area contributed by atoms with Gasteiger partial charge < -0.3 is 0 Å². The number of para-hydroxylation sites is 1. The van der Waals surface area contributed by atoms with Crippen LogP contribution < -0.4 is 9.80 Å². The van der Waals surface area contributed by atoms with Crippen LogP contribution in [0.2, 0.25) is 0 Å². The van der Waals surface area contributed by atoms with Crippen LogP contribution in [0.4, 0.5) is 11.5 Å². The Hall–Kier alpha value is -2.60. The summed E-state index contributed by atoms with van der Waals surface area (Å²) in [6.45, 7) is 0. The van der Waals surface area contributed by atoms with Crippen LogP contribution in [-0.4, -0.2) is 21.9 Å². The number of aromatic nitrogens is 1. The molecule has 0 N–H and O–H groups in total. The Kier molecular flexibility index (Phi) is 3.45. The second-order valence-electron chi connectivity index (χ2n) is 4.44. The van der Waals surface area contributed by atoms with Crippen LogP contribution in [-0.2, 0) is 9.59 Å². The Morgan fingerprint density at radius 2 is 1.57 bits per heavy atom. The molecule has 1 aromatic heterocycles. The van der Waals surface area contributed by atoms with E-state index in [1.807, 2.05) is 18.2 Å². The van der Waals surface area contributed by atoms with E-state index in [1.54, 1.807) is 36.5 Å². The second kappa shape index (κ2) is 5.41. The van der Waals surface area contributed by atoms with E-state index in [1.165, 1.54) is 9.80 Å². The molecule has 0 atom stereocenters. The molecular formula is C15H11N3O2S. The quantitative estimate of drug-likeness (QED) is 0.629. The standard InChI is InChI=1S/C15H11N3O2S/c19-13-10-14(20)18(12-8-4-5-9-16-12)15(21)17(13)11-6-2-1-3-7-11/h1-9H,10H2. The van der Waals surface area contributed by atoms with E-state index in [2.05, 4.69) is 4.98 Å². The molecule has 0 spiro atoms. The molecule has 0 aliphatic carbocycles. The average Bonchev–Trinajstić information content (AvgIpc) is 2.49. The summed E-state index contributed by atoms with van der Waals surface area (Å²) in [5.41, 5.74) is 0.640. The van der Waals surface area contributed by atoms with Crippen LogP contribution in [0, 0.1) is 0 Å². The number of thiocarbonyl (C=S) groups is 1. The summed E-state index contributed by atoms with van der Waals surface area (Å²) in [6.07, 6.45) is 1.35. The summed E-state index contributed by atoms with van der Waals surface area (Å²) >= 11 is 5.34. The average molecular weight is 297 g/mol. The Morgan fingerprint density at radius 1 is 0.905 bits per heavy atom. The van der Waals surface area contributed by atoms with Gasteiger partial charge in [-0.25, -0.2) is 9.88 Å². The predicted octanol–water partition coefficient (Wildman–Crippen LogP) is 2.14. The van der Waals surface area contributed by atoms with Gasteiger partial charge in [0, 0.05) is 6.20 Å². The van der Waals surface area contributed by atoms with E-state index in [4.69, 9.17) is 12.2 Å². The zero-order chi connectivity index (χ0) is 14.8. The Morgan fingerprint density at radius 3 is 2.24 bits per heavy atom. The number of hydrogen-bond acceptors (Lipinski definition) is 4. The summed E-state index contributed by atoms with van der Waals surface area (Å²) in [4.78, 5) is 31.1. The van der Waals surface area contributed by atoms with Crippen molar-refractivity contribution in [1.82, 2.24) is 4.98 Å². The maximum Gasteiger partial charge on any atom is 0.244 e. The third-order valence-electron chi connectivity index (χ3n) is 3.08. The van der Waals surface area contributed by atoms with Crippen LogP contribution in [0.15, 0.2) is 54.7 Å². The van der Waals surface area contributed by atoms with Gasteiger partial charge in [-0.15, -0.1) is 0 Å². The topological polar surface area (TPSA) is 53.5 Å². The summed E-state index contributed by atoms with van der Waals surface area (Å²) < 4.78 is 0. The molecule has 1 aromatic carbocycles. The predicted molar refractivity (Wildman–Crippen MR) is 82.9 cm³/mol. The van der Waals surface area contributed by atoms with Gasteiger partial charge >= 0.3 is 0 Å². The zero-order valence-corrected chi connectivity index (χ0v) is 11.8. The second-order valence-corrected chi connectivity index (χ2v) is 4.81. The maximum absolute atomic E-state index is 12.2. The molecule has 3 rings (SSSR count). The largest absolute Gasteiger partial charge is 0.273 e. The van der Waals surface area contributed by atoms with Gasteiger partial charge in [0.2, 0.25) is 11.8 Å². The molecule has 2 amide bonds. The molecule has 1 saturated heterocycles. The number of anilines is 2. The minimum Gasteiger partial charge on any atom is -0.273 e. The molecule has 0 bridgehead atoms. The summed E-state index contributed by atoms with van der Waals surface area (Å²) in [5.74, 6) is -0.278. The molecule has 21 heavy (non-hydrogen) atoms. The monoisotopic (exact) mass is 297 g/mol. The van der Waals surface area contributed by atoms with Crippen LogP contribution in [0.5, 0.6) is 0 Å². The van der Waals surface area contributed by atoms with Crippen molar-refractivity contribution in [3.63, 3.8) is 0 Å². The normalized spacial score (nSPS) is 15.5. The van der Waals surface area contributed by atoms with Gasteiger partial charge in [-0.05, 0) is 36.5 Å². The number of carbonyl (C=O) groups is 2. The minimum absolute atomic E-state index is 0.126. The van der Waals surface area contributed by atoms with Crippen molar-refractivity contribution >= 4 is 40.6 Å². The fraction of sp³-hybridized carbons (Fsp3) is 0.0667. The van der Waals surface area contributed by atoms with Gasteiger partial charge in [0.05, 0.1) is 5.69 Å². The fourth-order valence-corrected chi connectivity index (χ4v) is 2.55. The van der Waals surface area contributed by atoms with Crippen molar-refractivity contribution in [3.05, 3.63) is 54.7 Å². The summed E-state index contributed by atoms with van der Waals surface area (Å²) in [5, 5.41) is 0.126. The highest BCUT2D eigenvalue weighted by Crippen LogP contribution is 2.24. The lowest BCUT2D eigenvalue weighted by Gasteiger charge is -2.34. The lowest BCUT2D eigenvalue weighted by atomic mass is 10.2. The minimum atomic E-state index is -0.365. The first-order valence-corrected chi connectivity index (χ1v) is 6.75. The van der Waals surface area contributed by atoms with Crippen LogP contribution in [0.3, 0.4) is 0 Å². The molecule has 0 saturated carbocycles. The SMILES string of the molecule is O=C1CC(=O)N(c2ccccn2)C(=S)N1c1ccccc1. The first kappa shape index (κ1) is 13.4. The third kappa shape index (κ3) is 2.41. The maximum atomic E-state index is 12.2. The Labute approximate surface area is 126 Å².